The third-order valence-corrected chi connectivity index (χ3v) is 4.63. The maximum Gasteiger partial charge on any atom is 0.325 e. The van der Waals surface area contributed by atoms with E-state index in [1.54, 1.807) is 6.92 Å². The minimum Gasteiger partial charge on any atom is -0.465 e. The Bertz CT molecular complexity index is 710. The molecule has 4 nitrogen and oxygen atoms in total. The summed E-state index contributed by atoms with van der Waals surface area (Å²) >= 11 is 0. The van der Waals surface area contributed by atoms with Gasteiger partial charge in [0.05, 0.1) is 6.61 Å². The van der Waals surface area contributed by atoms with Crippen molar-refractivity contribution in [2.24, 2.45) is 5.92 Å². The second kappa shape index (κ2) is 6.99. The van der Waals surface area contributed by atoms with E-state index in [-0.39, 0.29) is 24.2 Å². The molecule has 122 valence electrons. The molecular formula is C19H23NO3. The van der Waals surface area contributed by atoms with Crippen LogP contribution in [-0.4, -0.2) is 22.9 Å². The van der Waals surface area contributed by atoms with Crippen LogP contribution < -0.4 is 0 Å². The number of esters is 1. The lowest BCUT2D eigenvalue weighted by Gasteiger charge is -2.19. The number of nitrogens with zero attached hydrogens (tertiary/aromatic N) is 1. The maximum absolute atomic E-state index is 12.9. The van der Waals surface area contributed by atoms with Crippen LogP contribution in [0.4, 0.5) is 0 Å². The number of hydrogen-bond donors (Lipinski definition) is 0. The zero-order chi connectivity index (χ0) is 16.2. The molecule has 1 fully saturated rings. The number of ether oxygens (including phenoxy) is 1. The van der Waals surface area contributed by atoms with E-state index in [9.17, 15) is 9.59 Å². The van der Waals surface area contributed by atoms with Crippen LogP contribution in [0.15, 0.2) is 30.5 Å². The smallest absolute Gasteiger partial charge is 0.325 e. The van der Waals surface area contributed by atoms with Crippen LogP contribution in [-0.2, 0) is 16.1 Å². The van der Waals surface area contributed by atoms with Crippen LogP contribution in [0.3, 0.4) is 0 Å². The summed E-state index contributed by atoms with van der Waals surface area (Å²) in [6.07, 6.45) is 7.30. The average molecular weight is 313 g/mol. The molecule has 1 saturated carbocycles. The third-order valence-electron chi connectivity index (χ3n) is 4.63. The Hall–Kier alpha value is -2.10. The van der Waals surface area contributed by atoms with Gasteiger partial charge in [-0.15, -0.1) is 0 Å². The Morgan fingerprint density at radius 1 is 1.17 bits per heavy atom. The molecule has 3 rings (SSSR count). The largest absolute Gasteiger partial charge is 0.465 e. The molecule has 0 saturated heterocycles. The normalized spacial score (nSPS) is 15.7. The van der Waals surface area contributed by atoms with Crippen molar-refractivity contribution in [1.29, 1.82) is 0 Å². The summed E-state index contributed by atoms with van der Waals surface area (Å²) in [7, 11) is 0. The van der Waals surface area contributed by atoms with Crippen LogP contribution in [0, 0.1) is 5.92 Å². The predicted octanol–water partition coefficient (Wildman–Crippen LogP) is 3.97. The van der Waals surface area contributed by atoms with Crippen molar-refractivity contribution in [3.8, 4) is 0 Å². The Labute approximate surface area is 136 Å². The molecule has 2 aromatic rings. The number of aromatic nitrogens is 1. The van der Waals surface area contributed by atoms with Gasteiger partial charge in [0.1, 0.15) is 6.54 Å². The first-order valence-corrected chi connectivity index (χ1v) is 8.48. The van der Waals surface area contributed by atoms with Crippen LogP contribution in [0.25, 0.3) is 10.9 Å². The Morgan fingerprint density at radius 3 is 2.65 bits per heavy atom. The summed E-state index contributed by atoms with van der Waals surface area (Å²) in [5.74, 6) is 0.0824. The first-order chi connectivity index (χ1) is 11.2. The van der Waals surface area contributed by atoms with E-state index in [2.05, 4.69) is 0 Å². The van der Waals surface area contributed by atoms with Crippen molar-refractivity contribution in [2.75, 3.05) is 6.61 Å². The molecule has 23 heavy (non-hydrogen) atoms. The highest BCUT2D eigenvalue weighted by molar-refractivity contribution is 6.09. The molecule has 4 heteroatoms. The summed E-state index contributed by atoms with van der Waals surface area (Å²) in [6.45, 7) is 2.31. The number of Topliss-reactive ketones (excluding diaryl/α,β-unsaturated/α-hetero) is 1. The van der Waals surface area contributed by atoms with Gasteiger partial charge in [-0.3, -0.25) is 9.59 Å². The van der Waals surface area contributed by atoms with Gasteiger partial charge < -0.3 is 9.30 Å². The molecule has 1 heterocycles. The number of benzene rings is 1. The number of fused-ring (bicyclic) bond motifs is 1. The zero-order valence-corrected chi connectivity index (χ0v) is 13.6. The molecule has 1 aromatic heterocycles. The zero-order valence-electron chi connectivity index (χ0n) is 13.6. The summed E-state index contributed by atoms with van der Waals surface area (Å²) in [5, 5.41) is 0.937. The lowest BCUT2D eigenvalue weighted by molar-refractivity contribution is -0.143. The van der Waals surface area contributed by atoms with E-state index in [0.717, 1.165) is 42.1 Å². The molecule has 0 N–H and O–H groups in total. The highest BCUT2D eigenvalue weighted by Crippen LogP contribution is 2.30. The van der Waals surface area contributed by atoms with Gasteiger partial charge in [0.2, 0.25) is 0 Å². The summed E-state index contributed by atoms with van der Waals surface area (Å²) in [5.41, 5.74) is 1.66. The first-order valence-electron chi connectivity index (χ1n) is 8.48. The minimum atomic E-state index is -0.273. The van der Waals surface area contributed by atoms with Gasteiger partial charge in [-0.2, -0.15) is 0 Å². The number of hydrogen-bond acceptors (Lipinski definition) is 3. The van der Waals surface area contributed by atoms with Gasteiger partial charge in [-0.05, 0) is 25.8 Å². The quantitative estimate of drug-likeness (QED) is 0.620. The van der Waals surface area contributed by atoms with E-state index in [4.69, 9.17) is 4.74 Å². The van der Waals surface area contributed by atoms with Gasteiger partial charge in [-0.25, -0.2) is 0 Å². The van der Waals surface area contributed by atoms with Crippen molar-refractivity contribution in [3.63, 3.8) is 0 Å². The monoisotopic (exact) mass is 313 g/mol. The van der Waals surface area contributed by atoms with Crippen LogP contribution in [0.1, 0.15) is 49.4 Å². The van der Waals surface area contributed by atoms with Gasteiger partial charge in [0.15, 0.2) is 5.78 Å². The van der Waals surface area contributed by atoms with Gasteiger partial charge in [0, 0.05) is 28.6 Å². The highest BCUT2D eigenvalue weighted by atomic mass is 16.5. The Kier molecular flexibility index (Phi) is 4.79. The lowest BCUT2D eigenvalue weighted by atomic mass is 9.84. The topological polar surface area (TPSA) is 48.3 Å². The second-order valence-electron chi connectivity index (χ2n) is 6.19. The van der Waals surface area contributed by atoms with Crippen molar-refractivity contribution >= 4 is 22.7 Å². The van der Waals surface area contributed by atoms with Crippen molar-refractivity contribution in [2.45, 2.75) is 45.6 Å². The number of para-hydroxylation sites is 1. The lowest BCUT2D eigenvalue weighted by Crippen LogP contribution is -2.18. The van der Waals surface area contributed by atoms with Gasteiger partial charge in [0.25, 0.3) is 0 Å². The van der Waals surface area contributed by atoms with E-state index in [1.807, 2.05) is 35.0 Å². The fourth-order valence-electron chi connectivity index (χ4n) is 3.50. The van der Waals surface area contributed by atoms with E-state index in [0.29, 0.717) is 6.61 Å². The minimum absolute atomic E-state index is 0.130. The second-order valence-corrected chi connectivity index (χ2v) is 6.19. The number of carbonyl (C=O) groups is 2. The molecule has 0 aliphatic heterocycles. The fraction of sp³-hybridized carbons (Fsp3) is 0.474. The van der Waals surface area contributed by atoms with E-state index < -0.39 is 0 Å². The third kappa shape index (κ3) is 3.31. The SMILES string of the molecule is CCOC(=O)Cn1cc(C(=O)C2CCCCC2)c2ccccc21. The van der Waals surface area contributed by atoms with Crippen molar-refractivity contribution < 1.29 is 14.3 Å². The van der Waals surface area contributed by atoms with Crippen molar-refractivity contribution in [3.05, 3.63) is 36.0 Å². The molecule has 0 atom stereocenters. The van der Waals surface area contributed by atoms with Crippen LogP contribution in [0.2, 0.25) is 0 Å². The predicted molar refractivity (Wildman–Crippen MR) is 89.5 cm³/mol. The molecule has 0 bridgehead atoms. The standard InChI is InChI=1S/C19H23NO3/c1-2-23-18(21)13-20-12-16(15-10-6-7-11-17(15)20)19(22)14-8-4-3-5-9-14/h6-7,10-12,14H,2-5,8-9,13H2,1H3. The summed E-state index contributed by atoms with van der Waals surface area (Å²) in [4.78, 5) is 24.7. The Balaban J connectivity index is 1.93. The number of ketones is 1. The molecule has 0 radical (unpaired) electrons. The van der Waals surface area contributed by atoms with Crippen molar-refractivity contribution in [1.82, 2.24) is 4.57 Å². The molecule has 1 aliphatic rings. The summed E-state index contributed by atoms with van der Waals surface area (Å²) in [6, 6.07) is 7.78. The van der Waals surface area contributed by atoms with E-state index >= 15 is 0 Å². The van der Waals surface area contributed by atoms with Gasteiger partial charge >= 0.3 is 5.97 Å². The molecule has 0 amide bonds. The highest BCUT2D eigenvalue weighted by Gasteiger charge is 2.25. The molecular weight excluding hydrogens is 290 g/mol. The van der Waals surface area contributed by atoms with E-state index in [1.165, 1.54) is 6.42 Å². The van der Waals surface area contributed by atoms with Gasteiger partial charge in [-0.1, -0.05) is 37.5 Å². The molecule has 0 spiro atoms. The molecule has 1 aliphatic carbocycles. The first kappa shape index (κ1) is 15.8. The van der Waals surface area contributed by atoms with Crippen LogP contribution >= 0.6 is 0 Å². The number of rotatable bonds is 5. The fourth-order valence-corrected chi connectivity index (χ4v) is 3.50. The average Bonchev–Trinajstić information content (AvgIpc) is 2.94. The maximum atomic E-state index is 12.9. The Morgan fingerprint density at radius 2 is 1.91 bits per heavy atom. The molecule has 1 aromatic carbocycles. The number of carbonyl (C=O) groups excluding carboxylic acids is 2. The van der Waals surface area contributed by atoms with Crippen LogP contribution in [0.5, 0.6) is 0 Å². The summed E-state index contributed by atoms with van der Waals surface area (Å²) < 4.78 is 6.87. The molecule has 0 unspecified atom stereocenters.